The van der Waals surface area contributed by atoms with Crippen molar-refractivity contribution < 1.29 is 4.74 Å². The fourth-order valence-electron chi connectivity index (χ4n) is 3.26. The van der Waals surface area contributed by atoms with Gasteiger partial charge in [-0.25, -0.2) is 9.67 Å². The van der Waals surface area contributed by atoms with Crippen LogP contribution in [-0.2, 0) is 24.5 Å². The molecule has 1 aliphatic heterocycles. The molecule has 0 aliphatic carbocycles. The molecule has 4 rings (SSSR count). The van der Waals surface area contributed by atoms with Crippen LogP contribution in [0.25, 0.3) is 0 Å². The van der Waals surface area contributed by atoms with Crippen LogP contribution in [0.3, 0.4) is 0 Å². The summed E-state index contributed by atoms with van der Waals surface area (Å²) >= 11 is 1.74. The fraction of sp³-hybridized carbons (Fsp3) is 0.421. The Morgan fingerprint density at radius 2 is 2.12 bits per heavy atom. The first-order valence-corrected chi connectivity index (χ1v) is 9.79. The third kappa shape index (κ3) is 4.17. The van der Waals surface area contributed by atoms with E-state index in [1.165, 1.54) is 10.4 Å². The summed E-state index contributed by atoms with van der Waals surface area (Å²) in [4.78, 5) is 8.17. The minimum atomic E-state index is 0.388. The van der Waals surface area contributed by atoms with Crippen LogP contribution in [0.1, 0.15) is 34.3 Å². The lowest BCUT2D eigenvalue weighted by Gasteiger charge is -2.15. The number of rotatable bonds is 7. The summed E-state index contributed by atoms with van der Waals surface area (Å²) in [5.41, 5.74) is 5.14. The molecule has 7 heteroatoms. The number of aromatic nitrogens is 4. The normalized spacial score (nSPS) is 17.8. The van der Waals surface area contributed by atoms with Gasteiger partial charge in [0.15, 0.2) is 0 Å². The lowest BCUT2D eigenvalue weighted by molar-refractivity contribution is 0.104. The van der Waals surface area contributed by atoms with Gasteiger partial charge in [-0.1, -0.05) is 35.5 Å². The maximum absolute atomic E-state index is 5.75. The molecule has 1 fully saturated rings. The van der Waals surface area contributed by atoms with Crippen molar-refractivity contribution in [1.29, 1.82) is 0 Å². The lowest BCUT2D eigenvalue weighted by atomic mass is 10.2. The van der Waals surface area contributed by atoms with E-state index in [4.69, 9.17) is 4.74 Å². The van der Waals surface area contributed by atoms with E-state index in [9.17, 15) is 0 Å². The standard InChI is InChI=1S/C19H23N5OS/c1-15-19(26-14-20-15)11-23-8-7-18(10-23)24-9-17(21-22-24)13-25-12-16-5-3-2-4-6-16/h2-6,9,14,18H,7-8,10-13H2,1H3. The zero-order chi connectivity index (χ0) is 17.8. The third-order valence-electron chi connectivity index (χ3n) is 4.75. The number of thiazole rings is 1. The molecule has 6 nitrogen and oxygen atoms in total. The summed E-state index contributed by atoms with van der Waals surface area (Å²) in [6, 6.07) is 10.6. The van der Waals surface area contributed by atoms with Crippen molar-refractivity contribution in [3.8, 4) is 0 Å². The first-order chi connectivity index (χ1) is 12.8. The van der Waals surface area contributed by atoms with Gasteiger partial charge >= 0.3 is 0 Å². The van der Waals surface area contributed by atoms with E-state index >= 15 is 0 Å². The lowest BCUT2D eigenvalue weighted by Crippen LogP contribution is -2.21. The molecule has 136 valence electrons. The first kappa shape index (κ1) is 17.3. The number of benzene rings is 1. The molecular weight excluding hydrogens is 346 g/mol. The van der Waals surface area contributed by atoms with E-state index in [1.54, 1.807) is 11.3 Å². The number of hydrogen-bond acceptors (Lipinski definition) is 6. The number of nitrogens with zero attached hydrogens (tertiary/aromatic N) is 5. The van der Waals surface area contributed by atoms with Crippen LogP contribution in [0, 0.1) is 6.92 Å². The zero-order valence-corrected chi connectivity index (χ0v) is 15.7. The van der Waals surface area contributed by atoms with Crippen LogP contribution in [0.5, 0.6) is 0 Å². The largest absolute Gasteiger partial charge is 0.370 e. The van der Waals surface area contributed by atoms with Gasteiger partial charge in [0.1, 0.15) is 5.69 Å². The molecule has 0 saturated carbocycles. The quantitative estimate of drug-likeness (QED) is 0.640. The monoisotopic (exact) mass is 369 g/mol. The van der Waals surface area contributed by atoms with Gasteiger partial charge in [-0.2, -0.15) is 0 Å². The Morgan fingerprint density at radius 3 is 2.92 bits per heavy atom. The van der Waals surface area contributed by atoms with Gasteiger partial charge in [0.05, 0.1) is 36.7 Å². The highest BCUT2D eigenvalue weighted by Crippen LogP contribution is 2.24. The van der Waals surface area contributed by atoms with Crippen molar-refractivity contribution in [2.45, 2.75) is 39.1 Å². The van der Waals surface area contributed by atoms with Crippen molar-refractivity contribution in [2.75, 3.05) is 13.1 Å². The molecule has 3 aromatic rings. The number of likely N-dealkylation sites (tertiary alicyclic amines) is 1. The highest BCUT2D eigenvalue weighted by Gasteiger charge is 2.25. The van der Waals surface area contributed by atoms with Gasteiger partial charge in [-0.15, -0.1) is 16.4 Å². The van der Waals surface area contributed by atoms with Crippen molar-refractivity contribution >= 4 is 11.3 Å². The van der Waals surface area contributed by atoms with Crippen LogP contribution >= 0.6 is 11.3 Å². The second kappa shape index (κ2) is 8.07. The molecule has 26 heavy (non-hydrogen) atoms. The molecule has 2 aromatic heterocycles. The maximum atomic E-state index is 5.75. The molecule has 1 saturated heterocycles. The maximum Gasteiger partial charge on any atom is 0.108 e. The SMILES string of the molecule is Cc1ncsc1CN1CCC(n2cc(COCc3ccccc3)nn2)C1. The average Bonchev–Trinajstić information content (AvgIpc) is 3.39. The second-order valence-corrected chi connectivity index (χ2v) is 7.65. The molecule has 0 bridgehead atoms. The summed E-state index contributed by atoms with van der Waals surface area (Å²) in [6.45, 7) is 6.24. The molecule has 0 amide bonds. The Bertz CT molecular complexity index is 831. The second-order valence-electron chi connectivity index (χ2n) is 6.71. The van der Waals surface area contributed by atoms with Gasteiger partial charge in [0, 0.05) is 24.5 Å². The van der Waals surface area contributed by atoms with Crippen LogP contribution in [0.2, 0.25) is 0 Å². The molecule has 1 aromatic carbocycles. The minimum Gasteiger partial charge on any atom is -0.370 e. The zero-order valence-electron chi connectivity index (χ0n) is 14.9. The summed E-state index contributed by atoms with van der Waals surface area (Å²) in [5, 5.41) is 8.59. The summed E-state index contributed by atoms with van der Waals surface area (Å²) in [6.07, 6.45) is 3.13. The van der Waals surface area contributed by atoms with Crippen LogP contribution in [0.4, 0.5) is 0 Å². The molecule has 1 aliphatic rings. The topological polar surface area (TPSA) is 56.1 Å². The van der Waals surface area contributed by atoms with Crippen molar-refractivity contribution in [3.05, 3.63) is 63.9 Å². The predicted molar refractivity (Wildman–Crippen MR) is 101 cm³/mol. The number of hydrogen-bond donors (Lipinski definition) is 0. The van der Waals surface area contributed by atoms with Gasteiger partial charge in [-0.05, 0) is 18.9 Å². The van der Waals surface area contributed by atoms with Crippen LogP contribution in [0.15, 0.2) is 42.0 Å². The molecule has 0 radical (unpaired) electrons. The number of aryl methyl sites for hydroxylation is 1. The predicted octanol–water partition coefficient (Wildman–Crippen LogP) is 3.21. The minimum absolute atomic E-state index is 0.388. The Kier molecular flexibility index (Phi) is 5.38. The molecule has 0 N–H and O–H groups in total. The highest BCUT2D eigenvalue weighted by atomic mass is 32.1. The fourth-order valence-corrected chi connectivity index (χ4v) is 4.08. The van der Waals surface area contributed by atoms with E-state index in [0.29, 0.717) is 19.3 Å². The van der Waals surface area contributed by atoms with Gasteiger partial charge < -0.3 is 4.74 Å². The molecular formula is C19H23N5OS. The van der Waals surface area contributed by atoms with Crippen LogP contribution in [-0.4, -0.2) is 38.0 Å². The Balaban J connectivity index is 1.27. The van der Waals surface area contributed by atoms with Gasteiger partial charge in [-0.3, -0.25) is 4.90 Å². The molecule has 0 spiro atoms. The number of ether oxygens (including phenoxy) is 1. The average molecular weight is 369 g/mol. The van der Waals surface area contributed by atoms with Crippen molar-refractivity contribution in [1.82, 2.24) is 24.9 Å². The molecule has 1 unspecified atom stereocenters. The summed E-state index contributed by atoms with van der Waals surface area (Å²) in [7, 11) is 0. The summed E-state index contributed by atoms with van der Waals surface area (Å²) in [5.74, 6) is 0. The first-order valence-electron chi connectivity index (χ1n) is 8.91. The van der Waals surface area contributed by atoms with Crippen LogP contribution < -0.4 is 0 Å². The van der Waals surface area contributed by atoms with E-state index in [1.807, 2.05) is 34.6 Å². The Hall–Kier alpha value is -2.09. The van der Waals surface area contributed by atoms with E-state index in [2.05, 4.69) is 39.3 Å². The van der Waals surface area contributed by atoms with E-state index in [-0.39, 0.29) is 0 Å². The van der Waals surface area contributed by atoms with Crippen molar-refractivity contribution in [3.63, 3.8) is 0 Å². The van der Waals surface area contributed by atoms with E-state index in [0.717, 1.165) is 37.4 Å². The molecule has 1 atom stereocenters. The Labute approximate surface area is 157 Å². The molecule has 3 heterocycles. The smallest absolute Gasteiger partial charge is 0.108 e. The highest BCUT2D eigenvalue weighted by molar-refractivity contribution is 7.09. The Morgan fingerprint density at radius 1 is 1.23 bits per heavy atom. The van der Waals surface area contributed by atoms with E-state index < -0.39 is 0 Å². The van der Waals surface area contributed by atoms with Gasteiger partial charge in [0.2, 0.25) is 0 Å². The van der Waals surface area contributed by atoms with Gasteiger partial charge in [0.25, 0.3) is 0 Å². The third-order valence-corrected chi connectivity index (χ3v) is 5.67. The van der Waals surface area contributed by atoms with Crippen molar-refractivity contribution in [2.24, 2.45) is 0 Å². The summed E-state index contributed by atoms with van der Waals surface area (Å²) < 4.78 is 7.76.